The monoisotopic (exact) mass is 214 g/mol. The lowest BCUT2D eigenvalue weighted by Gasteiger charge is -2.27. The van der Waals surface area contributed by atoms with E-state index in [1.54, 1.807) is 7.11 Å². The fourth-order valence-electron chi connectivity index (χ4n) is 2.56. The number of likely N-dealkylation sites (tertiary alicyclic amines) is 1. The lowest BCUT2D eigenvalue weighted by Crippen LogP contribution is -2.43. The summed E-state index contributed by atoms with van der Waals surface area (Å²) in [6.07, 6.45) is 4.08. The van der Waals surface area contributed by atoms with E-state index in [0.717, 1.165) is 19.1 Å². The van der Waals surface area contributed by atoms with E-state index in [1.165, 1.54) is 32.4 Å². The maximum Gasteiger partial charge on any atom is 0.0630 e. The van der Waals surface area contributed by atoms with Crippen molar-refractivity contribution < 1.29 is 4.74 Å². The molecule has 0 radical (unpaired) electrons. The summed E-state index contributed by atoms with van der Waals surface area (Å²) in [5.74, 6) is 0.922. The van der Waals surface area contributed by atoms with Gasteiger partial charge in [-0.15, -0.1) is 0 Å². The Morgan fingerprint density at radius 3 is 2.93 bits per heavy atom. The van der Waals surface area contributed by atoms with Crippen LogP contribution in [0.15, 0.2) is 0 Å². The Morgan fingerprint density at radius 1 is 1.53 bits per heavy atom. The third-order valence-corrected chi connectivity index (χ3v) is 3.33. The van der Waals surface area contributed by atoms with E-state index in [9.17, 15) is 0 Å². The first kappa shape index (κ1) is 12.9. The van der Waals surface area contributed by atoms with Gasteiger partial charge >= 0.3 is 0 Å². The molecule has 1 aliphatic heterocycles. The van der Waals surface area contributed by atoms with Crippen LogP contribution >= 0.6 is 0 Å². The van der Waals surface area contributed by atoms with E-state index in [0.29, 0.717) is 6.04 Å². The van der Waals surface area contributed by atoms with Crippen molar-refractivity contribution in [3.8, 4) is 0 Å². The van der Waals surface area contributed by atoms with Crippen LogP contribution in [0.5, 0.6) is 0 Å². The minimum absolute atomic E-state index is 0.557. The molecule has 3 heteroatoms. The molecule has 3 nitrogen and oxygen atoms in total. The van der Waals surface area contributed by atoms with Gasteiger partial charge in [-0.3, -0.25) is 4.90 Å². The highest BCUT2D eigenvalue weighted by atomic mass is 16.5. The number of hydrogen-bond acceptors (Lipinski definition) is 3. The van der Waals surface area contributed by atoms with Crippen LogP contribution in [0.3, 0.4) is 0 Å². The van der Waals surface area contributed by atoms with Crippen LogP contribution in [0.4, 0.5) is 0 Å². The van der Waals surface area contributed by atoms with E-state index >= 15 is 0 Å². The Balaban J connectivity index is 2.34. The van der Waals surface area contributed by atoms with Crippen molar-refractivity contribution >= 4 is 0 Å². The van der Waals surface area contributed by atoms with Crippen molar-refractivity contribution in [2.75, 3.05) is 40.4 Å². The predicted molar refractivity (Wildman–Crippen MR) is 64.2 cm³/mol. The average molecular weight is 214 g/mol. The molecule has 0 aromatic heterocycles. The van der Waals surface area contributed by atoms with Gasteiger partial charge in [-0.05, 0) is 32.4 Å². The number of likely N-dealkylation sites (N-methyl/N-ethyl adjacent to an activating group) is 1. The minimum Gasteiger partial charge on any atom is -0.383 e. The third-order valence-electron chi connectivity index (χ3n) is 3.33. The van der Waals surface area contributed by atoms with Crippen molar-refractivity contribution in [1.29, 1.82) is 0 Å². The van der Waals surface area contributed by atoms with Crippen LogP contribution in [0, 0.1) is 5.92 Å². The minimum atomic E-state index is 0.557. The molecule has 1 fully saturated rings. The van der Waals surface area contributed by atoms with Crippen molar-refractivity contribution in [3.63, 3.8) is 0 Å². The molecule has 0 saturated carbocycles. The van der Waals surface area contributed by atoms with Crippen LogP contribution in [-0.4, -0.2) is 51.3 Å². The topological polar surface area (TPSA) is 24.5 Å². The van der Waals surface area contributed by atoms with Gasteiger partial charge in [0, 0.05) is 26.2 Å². The normalized spacial score (nSPS) is 24.6. The second-order valence-electron chi connectivity index (χ2n) is 4.61. The number of nitrogens with one attached hydrogen (secondary N) is 1. The fraction of sp³-hybridized carbons (Fsp3) is 1.00. The summed E-state index contributed by atoms with van der Waals surface area (Å²) in [5, 5.41) is 3.25. The maximum atomic E-state index is 5.28. The Morgan fingerprint density at radius 2 is 2.33 bits per heavy atom. The molecule has 2 unspecified atom stereocenters. The lowest BCUT2D eigenvalue weighted by atomic mass is 10.0. The molecule has 15 heavy (non-hydrogen) atoms. The first-order valence-corrected chi connectivity index (χ1v) is 6.19. The number of rotatable bonds is 7. The van der Waals surface area contributed by atoms with Crippen LogP contribution < -0.4 is 5.32 Å². The molecule has 2 atom stereocenters. The first-order chi connectivity index (χ1) is 7.31. The second-order valence-corrected chi connectivity index (χ2v) is 4.61. The van der Waals surface area contributed by atoms with Crippen LogP contribution in [0.25, 0.3) is 0 Å². The Kier molecular flexibility index (Phi) is 6.22. The van der Waals surface area contributed by atoms with Gasteiger partial charge in [-0.25, -0.2) is 0 Å². The van der Waals surface area contributed by atoms with Crippen LogP contribution in [0.1, 0.15) is 26.2 Å². The Bertz CT molecular complexity index is 158. The van der Waals surface area contributed by atoms with Crippen LogP contribution in [-0.2, 0) is 4.74 Å². The summed E-state index contributed by atoms with van der Waals surface area (Å²) in [7, 11) is 3.81. The second kappa shape index (κ2) is 7.20. The van der Waals surface area contributed by atoms with E-state index in [1.807, 2.05) is 7.05 Å². The molecule has 0 spiro atoms. The number of hydrogen-bond donors (Lipinski definition) is 1. The zero-order valence-electron chi connectivity index (χ0n) is 10.5. The predicted octanol–water partition coefficient (Wildman–Crippen LogP) is 1.34. The molecule has 90 valence electrons. The Hall–Kier alpha value is -0.120. The maximum absolute atomic E-state index is 5.28. The van der Waals surface area contributed by atoms with Gasteiger partial charge < -0.3 is 10.1 Å². The highest BCUT2D eigenvalue weighted by Crippen LogP contribution is 2.22. The van der Waals surface area contributed by atoms with E-state index in [2.05, 4.69) is 17.1 Å². The zero-order valence-corrected chi connectivity index (χ0v) is 10.5. The van der Waals surface area contributed by atoms with Crippen molar-refractivity contribution in [3.05, 3.63) is 0 Å². The smallest absolute Gasteiger partial charge is 0.0630 e. The molecule has 1 aliphatic rings. The van der Waals surface area contributed by atoms with Crippen molar-refractivity contribution in [1.82, 2.24) is 10.2 Å². The third kappa shape index (κ3) is 4.09. The summed E-state index contributed by atoms with van der Waals surface area (Å²) in [5.41, 5.74) is 0. The molecular weight excluding hydrogens is 188 g/mol. The first-order valence-electron chi connectivity index (χ1n) is 6.19. The summed E-state index contributed by atoms with van der Waals surface area (Å²) in [6.45, 7) is 6.68. The van der Waals surface area contributed by atoms with Gasteiger partial charge in [-0.1, -0.05) is 13.3 Å². The van der Waals surface area contributed by atoms with E-state index in [4.69, 9.17) is 4.74 Å². The molecule has 1 heterocycles. The number of nitrogens with zero attached hydrogens (tertiary/aromatic N) is 1. The molecule has 0 aromatic carbocycles. The number of ether oxygens (including phenoxy) is 1. The average Bonchev–Trinajstić information content (AvgIpc) is 2.67. The summed E-state index contributed by atoms with van der Waals surface area (Å²) in [4.78, 5) is 2.58. The molecule has 1 saturated heterocycles. The molecule has 0 aromatic rings. The highest BCUT2D eigenvalue weighted by molar-refractivity contribution is 4.82. The van der Waals surface area contributed by atoms with Gasteiger partial charge in [0.1, 0.15) is 0 Å². The fourth-order valence-corrected chi connectivity index (χ4v) is 2.56. The molecule has 0 amide bonds. The van der Waals surface area contributed by atoms with Crippen molar-refractivity contribution in [2.45, 2.75) is 32.2 Å². The number of methoxy groups -OCH3 is 1. The van der Waals surface area contributed by atoms with Gasteiger partial charge in [0.25, 0.3) is 0 Å². The SMILES string of the molecule is CCCC1CCN(C(CNC)COC)C1. The summed E-state index contributed by atoms with van der Waals surface area (Å²) < 4.78 is 5.28. The van der Waals surface area contributed by atoms with E-state index in [-0.39, 0.29) is 0 Å². The van der Waals surface area contributed by atoms with Crippen molar-refractivity contribution in [2.24, 2.45) is 5.92 Å². The molecule has 1 N–H and O–H groups in total. The highest BCUT2D eigenvalue weighted by Gasteiger charge is 2.27. The molecule has 0 aliphatic carbocycles. The summed E-state index contributed by atoms with van der Waals surface area (Å²) >= 11 is 0. The standard InChI is InChI=1S/C12H26N2O/c1-4-5-11-6-7-14(9-11)12(8-13-2)10-15-3/h11-13H,4-10H2,1-3H3. The summed E-state index contributed by atoms with van der Waals surface area (Å²) in [6, 6.07) is 0.557. The largest absolute Gasteiger partial charge is 0.383 e. The van der Waals surface area contributed by atoms with Gasteiger partial charge in [0.05, 0.1) is 6.61 Å². The van der Waals surface area contributed by atoms with Gasteiger partial charge in [0.15, 0.2) is 0 Å². The molecular formula is C12H26N2O. The van der Waals surface area contributed by atoms with Gasteiger partial charge in [0.2, 0.25) is 0 Å². The quantitative estimate of drug-likeness (QED) is 0.692. The Labute approximate surface area is 94.2 Å². The molecule has 1 rings (SSSR count). The lowest BCUT2D eigenvalue weighted by molar-refractivity contribution is 0.103. The zero-order chi connectivity index (χ0) is 11.1. The van der Waals surface area contributed by atoms with Gasteiger partial charge in [-0.2, -0.15) is 0 Å². The van der Waals surface area contributed by atoms with Crippen LogP contribution in [0.2, 0.25) is 0 Å². The molecule has 0 bridgehead atoms. The van der Waals surface area contributed by atoms with E-state index < -0.39 is 0 Å².